The van der Waals surface area contributed by atoms with Crippen molar-refractivity contribution < 1.29 is 8.76 Å². The van der Waals surface area contributed by atoms with Crippen molar-refractivity contribution in [3.63, 3.8) is 0 Å². The second kappa shape index (κ2) is 5.15. The molecule has 0 amide bonds. The topological polar surface area (TPSA) is 77.7 Å². The molecule has 0 saturated carbocycles. The molecule has 0 aliphatic carbocycles. The standard InChI is InChI=1S/C6H6BrN3O2S/c7-5-1-6(3-8-2-5)10-9-4-13(11)12/h1-3H,4H2,(H,11,12)/p-1. The first-order chi connectivity index (χ1) is 6.18. The summed E-state index contributed by atoms with van der Waals surface area (Å²) in [4.78, 5) is 3.83. The van der Waals surface area contributed by atoms with E-state index in [4.69, 9.17) is 0 Å². The molecule has 0 bridgehead atoms. The van der Waals surface area contributed by atoms with E-state index in [-0.39, 0.29) is 5.88 Å². The third-order valence-corrected chi connectivity index (χ3v) is 1.80. The summed E-state index contributed by atoms with van der Waals surface area (Å²) in [5.74, 6) is -0.327. The lowest BCUT2D eigenvalue weighted by Crippen LogP contribution is -1.88. The first-order valence-corrected chi connectivity index (χ1v) is 5.26. The van der Waals surface area contributed by atoms with E-state index in [0.717, 1.165) is 4.47 Å². The van der Waals surface area contributed by atoms with Gasteiger partial charge in [-0.15, -0.1) is 0 Å². The summed E-state index contributed by atoms with van der Waals surface area (Å²) in [7, 11) is 0. The quantitative estimate of drug-likeness (QED) is 0.615. The van der Waals surface area contributed by atoms with Crippen LogP contribution in [0.5, 0.6) is 0 Å². The summed E-state index contributed by atoms with van der Waals surface area (Å²) < 4.78 is 20.9. The maximum atomic E-state index is 10.1. The Morgan fingerprint density at radius 3 is 3.00 bits per heavy atom. The highest BCUT2D eigenvalue weighted by Gasteiger charge is 1.90. The van der Waals surface area contributed by atoms with E-state index in [0.29, 0.717) is 5.69 Å². The van der Waals surface area contributed by atoms with Gasteiger partial charge >= 0.3 is 0 Å². The smallest absolute Gasteiger partial charge is 0.122 e. The van der Waals surface area contributed by atoms with Gasteiger partial charge in [-0.1, -0.05) is 0 Å². The highest BCUT2D eigenvalue weighted by atomic mass is 79.9. The van der Waals surface area contributed by atoms with Crippen LogP contribution in [-0.2, 0) is 11.1 Å². The van der Waals surface area contributed by atoms with Crippen LogP contribution in [0.25, 0.3) is 0 Å². The number of hydrogen-bond acceptors (Lipinski definition) is 5. The van der Waals surface area contributed by atoms with Gasteiger partial charge in [0.25, 0.3) is 0 Å². The molecule has 1 heterocycles. The number of rotatable bonds is 3. The summed E-state index contributed by atoms with van der Waals surface area (Å²) >= 11 is 1.01. The van der Waals surface area contributed by atoms with Crippen molar-refractivity contribution in [2.24, 2.45) is 10.2 Å². The zero-order valence-corrected chi connectivity index (χ0v) is 8.79. The molecule has 0 radical (unpaired) electrons. The minimum atomic E-state index is -2.19. The molecular weight excluding hydrogens is 258 g/mol. The SMILES string of the molecule is O=S([O-])CN=Nc1cncc(Br)c1. The number of halogens is 1. The Labute approximate surface area is 85.7 Å². The summed E-state index contributed by atoms with van der Waals surface area (Å²) in [6, 6.07) is 1.68. The van der Waals surface area contributed by atoms with Gasteiger partial charge in [-0.25, -0.2) is 0 Å². The van der Waals surface area contributed by atoms with Crippen LogP contribution in [0.4, 0.5) is 5.69 Å². The largest absolute Gasteiger partial charge is 0.771 e. The van der Waals surface area contributed by atoms with Gasteiger partial charge in [-0.2, -0.15) is 10.2 Å². The average Bonchev–Trinajstić information content (AvgIpc) is 2.03. The van der Waals surface area contributed by atoms with E-state index in [2.05, 4.69) is 31.1 Å². The van der Waals surface area contributed by atoms with E-state index in [1.165, 1.54) is 6.20 Å². The van der Waals surface area contributed by atoms with Gasteiger partial charge in [0.2, 0.25) is 0 Å². The second-order valence-corrected chi connectivity index (χ2v) is 3.82. The maximum absolute atomic E-state index is 10.1. The Hall–Kier alpha value is -0.660. The summed E-state index contributed by atoms with van der Waals surface area (Å²) in [6.45, 7) is 0. The van der Waals surface area contributed by atoms with Gasteiger partial charge in [0.05, 0.1) is 6.20 Å². The van der Waals surface area contributed by atoms with E-state index in [1.807, 2.05) is 0 Å². The number of pyridine rings is 1. The van der Waals surface area contributed by atoms with Crippen LogP contribution in [0.3, 0.4) is 0 Å². The molecule has 0 fully saturated rings. The monoisotopic (exact) mass is 262 g/mol. The van der Waals surface area contributed by atoms with E-state index >= 15 is 0 Å². The van der Waals surface area contributed by atoms with E-state index in [1.54, 1.807) is 12.3 Å². The van der Waals surface area contributed by atoms with Crippen LogP contribution < -0.4 is 0 Å². The molecular formula is C6H5BrN3O2S-. The first-order valence-electron chi connectivity index (χ1n) is 3.22. The van der Waals surface area contributed by atoms with Gasteiger partial charge in [-0.05, 0) is 33.1 Å². The molecule has 1 unspecified atom stereocenters. The van der Waals surface area contributed by atoms with Gasteiger partial charge in [0.1, 0.15) is 11.6 Å². The van der Waals surface area contributed by atoms with Crippen molar-refractivity contribution in [3.05, 3.63) is 22.9 Å². The Balaban J connectivity index is 2.63. The van der Waals surface area contributed by atoms with E-state index in [9.17, 15) is 8.76 Å². The molecule has 1 atom stereocenters. The first kappa shape index (κ1) is 10.4. The Morgan fingerprint density at radius 1 is 1.62 bits per heavy atom. The van der Waals surface area contributed by atoms with Crippen molar-refractivity contribution in [1.29, 1.82) is 0 Å². The van der Waals surface area contributed by atoms with Gasteiger partial charge in [0, 0.05) is 10.7 Å². The van der Waals surface area contributed by atoms with Crippen LogP contribution in [0.1, 0.15) is 0 Å². The third kappa shape index (κ3) is 4.20. The van der Waals surface area contributed by atoms with Crippen LogP contribution in [-0.4, -0.2) is 19.6 Å². The lowest BCUT2D eigenvalue weighted by atomic mass is 10.4. The Kier molecular flexibility index (Phi) is 4.13. The van der Waals surface area contributed by atoms with Crippen LogP contribution in [0.15, 0.2) is 33.2 Å². The number of azo groups is 1. The van der Waals surface area contributed by atoms with Crippen LogP contribution in [0, 0.1) is 0 Å². The summed E-state index contributed by atoms with van der Waals surface area (Å²) in [5, 5.41) is 7.08. The molecule has 0 aromatic carbocycles. The highest BCUT2D eigenvalue weighted by molar-refractivity contribution is 9.10. The molecule has 0 aliphatic heterocycles. The lowest BCUT2D eigenvalue weighted by Gasteiger charge is -1.97. The fourth-order valence-corrected chi connectivity index (χ4v) is 1.12. The molecule has 70 valence electrons. The highest BCUT2D eigenvalue weighted by Crippen LogP contribution is 2.16. The van der Waals surface area contributed by atoms with Crippen LogP contribution >= 0.6 is 15.9 Å². The fourth-order valence-electron chi connectivity index (χ4n) is 0.613. The van der Waals surface area contributed by atoms with Crippen molar-refractivity contribution in [2.75, 3.05) is 5.88 Å². The van der Waals surface area contributed by atoms with Gasteiger partial charge in [-0.3, -0.25) is 9.19 Å². The van der Waals surface area contributed by atoms with Gasteiger partial charge in [0.15, 0.2) is 0 Å². The molecule has 0 spiro atoms. The van der Waals surface area contributed by atoms with Gasteiger partial charge < -0.3 is 4.55 Å². The van der Waals surface area contributed by atoms with E-state index < -0.39 is 11.1 Å². The Morgan fingerprint density at radius 2 is 2.38 bits per heavy atom. The third-order valence-electron chi connectivity index (χ3n) is 1.04. The van der Waals surface area contributed by atoms with Crippen LogP contribution in [0.2, 0.25) is 0 Å². The minimum Gasteiger partial charge on any atom is -0.771 e. The molecule has 1 aromatic rings. The number of aromatic nitrogens is 1. The molecule has 1 aromatic heterocycles. The summed E-state index contributed by atoms with van der Waals surface area (Å²) in [6.07, 6.45) is 3.09. The molecule has 0 aliphatic rings. The number of nitrogens with zero attached hydrogens (tertiary/aromatic N) is 3. The normalized spacial score (nSPS) is 13.4. The fraction of sp³-hybridized carbons (Fsp3) is 0.167. The van der Waals surface area contributed by atoms with Crippen molar-refractivity contribution >= 4 is 32.7 Å². The minimum absolute atomic E-state index is 0.327. The second-order valence-electron chi connectivity index (χ2n) is 2.04. The Bertz CT molecular complexity index is 344. The molecule has 0 N–H and O–H groups in total. The predicted molar refractivity (Wildman–Crippen MR) is 50.2 cm³/mol. The number of hydrogen-bond donors (Lipinski definition) is 0. The molecule has 7 heteroatoms. The van der Waals surface area contributed by atoms with Crippen molar-refractivity contribution in [2.45, 2.75) is 0 Å². The zero-order valence-electron chi connectivity index (χ0n) is 6.38. The zero-order chi connectivity index (χ0) is 9.68. The molecule has 0 saturated heterocycles. The van der Waals surface area contributed by atoms with Crippen molar-refractivity contribution in [1.82, 2.24) is 4.98 Å². The molecule has 5 nitrogen and oxygen atoms in total. The molecule has 1 rings (SSSR count). The van der Waals surface area contributed by atoms with Crippen molar-refractivity contribution in [3.8, 4) is 0 Å². The lowest BCUT2D eigenvalue weighted by molar-refractivity contribution is 0.536. The molecule has 13 heavy (non-hydrogen) atoms. The maximum Gasteiger partial charge on any atom is 0.122 e. The summed E-state index contributed by atoms with van der Waals surface area (Å²) in [5.41, 5.74) is 0.514. The average molecular weight is 263 g/mol. The predicted octanol–water partition coefficient (Wildman–Crippen LogP) is 1.76.